The Morgan fingerprint density at radius 1 is 1.10 bits per heavy atom. The molecule has 1 aliphatic heterocycles. The minimum Gasteiger partial charge on any atom is -0.387 e. The first-order valence-corrected chi connectivity index (χ1v) is 8.44. The van der Waals surface area contributed by atoms with Gasteiger partial charge in [0.2, 0.25) is 0 Å². The summed E-state index contributed by atoms with van der Waals surface area (Å²) in [6, 6.07) is 8.72. The molecule has 1 N–H and O–H groups in total. The average Bonchev–Trinajstić information content (AvgIpc) is 2.52. The second-order valence-electron chi connectivity index (χ2n) is 6.66. The summed E-state index contributed by atoms with van der Waals surface area (Å²) in [4.78, 5) is 5.06. The average molecular weight is 288 g/mol. The van der Waals surface area contributed by atoms with Gasteiger partial charge in [0.15, 0.2) is 0 Å². The van der Waals surface area contributed by atoms with Crippen LogP contribution in [0.5, 0.6) is 0 Å². The van der Waals surface area contributed by atoms with E-state index in [1.807, 2.05) is 0 Å². The van der Waals surface area contributed by atoms with Gasteiger partial charge < -0.3 is 10.0 Å². The summed E-state index contributed by atoms with van der Waals surface area (Å²) < 4.78 is 0. The van der Waals surface area contributed by atoms with Crippen LogP contribution in [0.2, 0.25) is 0 Å². The predicted molar refractivity (Wildman–Crippen MR) is 86.5 cm³/mol. The maximum Gasteiger partial charge on any atom is 0.0948 e. The minimum absolute atomic E-state index is 0.290. The molecule has 3 rings (SSSR count). The molecule has 3 unspecified atom stereocenters. The number of piperazine rings is 1. The zero-order valence-corrected chi connectivity index (χ0v) is 13.3. The van der Waals surface area contributed by atoms with Gasteiger partial charge in [-0.15, -0.1) is 0 Å². The van der Waals surface area contributed by atoms with Crippen molar-refractivity contribution in [2.45, 2.75) is 44.8 Å². The van der Waals surface area contributed by atoms with Crippen molar-refractivity contribution in [1.82, 2.24) is 9.80 Å². The molecule has 3 atom stereocenters. The van der Waals surface area contributed by atoms with Crippen LogP contribution in [0.25, 0.3) is 0 Å². The molecule has 3 heteroatoms. The second-order valence-corrected chi connectivity index (χ2v) is 6.66. The van der Waals surface area contributed by atoms with Gasteiger partial charge in [0.05, 0.1) is 6.10 Å². The quantitative estimate of drug-likeness (QED) is 0.926. The van der Waals surface area contributed by atoms with E-state index < -0.39 is 0 Å². The summed E-state index contributed by atoms with van der Waals surface area (Å²) in [5.41, 5.74) is 2.49. The Kier molecular flexibility index (Phi) is 4.63. The smallest absolute Gasteiger partial charge is 0.0948 e. The van der Waals surface area contributed by atoms with Crippen LogP contribution in [0.15, 0.2) is 24.3 Å². The summed E-state index contributed by atoms with van der Waals surface area (Å²) in [6.07, 6.45) is 1.98. The molecule has 1 aliphatic carbocycles. The number of fused-ring (bicyclic) bond motifs is 1. The van der Waals surface area contributed by atoms with E-state index in [4.69, 9.17) is 0 Å². The van der Waals surface area contributed by atoms with Gasteiger partial charge in [-0.25, -0.2) is 0 Å². The van der Waals surface area contributed by atoms with Gasteiger partial charge in [-0.05, 0) is 36.4 Å². The summed E-state index contributed by atoms with van der Waals surface area (Å²) >= 11 is 0. The van der Waals surface area contributed by atoms with Gasteiger partial charge >= 0.3 is 0 Å². The van der Waals surface area contributed by atoms with Crippen molar-refractivity contribution in [3.63, 3.8) is 0 Å². The van der Waals surface area contributed by atoms with E-state index in [0.29, 0.717) is 12.0 Å². The van der Waals surface area contributed by atoms with E-state index >= 15 is 0 Å². The highest BCUT2D eigenvalue weighted by molar-refractivity contribution is 5.35. The van der Waals surface area contributed by atoms with Gasteiger partial charge in [-0.3, -0.25) is 4.90 Å². The van der Waals surface area contributed by atoms with Crippen molar-refractivity contribution in [1.29, 1.82) is 0 Å². The molecule has 1 aromatic rings. The molecule has 1 heterocycles. The van der Waals surface area contributed by atoms with E-state index in [1.54, 1.807) is 0 Å². The number of aliphatic hydroxyl groups excluding tert-OH is 1. The van der Waals surface area contributed by atoms with E-state index in [9.17, 15) is 5.11 Å². The molecule has 1 fully saturated rings. The summed E-state index contributed by atoms with van der Waals surface area (Å²) in [6.45, 7) is 10.2. The third-order valence-electron chi connectivity index (χ3n) is 5.22. The van der Waals surface area contributed by atoms with Gasteiger partial charge in [0, 0.05) is 32.2 Å². The third kappa shape index (κ3) is 3.01. The fourth-order valence-electron chi connectivity index (χ4n) is 4.04. The molecule has 0 spiro atoms. The van der Waals surface area contributed by atoms with Crippen molar-refractivity contribution < 1.29 is 5.11 Å². The SMILES string of the molecule is CCCN1CCN(C2CC(C)c3ccccc3C2O)CC1. The van der Waals surface area contributed by atoms with Crippen LogP contribution >= 0.6 is 0 Å². The predicted octanol–water partition coefficient (Wildman–Crippen LogP) is 2.62. The molecule has 0 radical (unpaired) electrons. The lowest BCUT2D eigenvalue weighted by molar-refractivity contribution is 0.00463. The summed E-state index contributed by atoms with van der Waals surface area (Å²) in [5, 5.41) is 10.8. The van der Waals surface area contributed by atoms with Crippen molar-refractivity contribution in [2.75, 3.05) is 32.7 Å². The van der Waals surface area contributed by atoms with E-state index in [-0.39, 0.29) is 6.10 Å². The van der Waals surface area contributed by atoms with Crippen LogP contribution in [0.4, 0.5) is 0 Å². The lowest BCUT2D eigenvalue weighted by Crippen LogP contribution is -2.53. The van der Waals surface area contributed by atoms with Gasteiger partial charge in [-0.2, -0.15) is 0 Å². The molecule has 0 bridgehead atoms. The molecule has 0 amide bonds. The number of hydrogen-bond donors (Lipinski definition) is 1. The maximum absolute atomic E-state index is 10.8. The van der Waals surface area contributed by atoms with Crippen LogP contribution in [-0.2, 0) is 0 Å². The minimum atomic E-state index is -0.324. The van der Waals surface area contributed by atoms with Crippen molar-refractivity contribution in [3.05, 3.63) is 35.4 Å². The van der Waals surface area contributed by atoms with Crippen LogP contribution in [0, 0.1) is 0 Å². The Bertz CT molecular complexity index is 468. The van der Waals surface area contributed by atoms with Crippen LogP contribution in [-0.4, -0.2) is 53.7 Å². The Labute approximate surface area is 128 Å². The first kappa shape index (κ1) is 15.0. The summed E-state index contributed by atoms with van der Waals surface area (Å²) in [7, 11) is 0. The summed E-state index contributed by atoms with van der Waals surface area (Å²) in [5.74, 6) is 0.545. The van der Waals surface area contributed by atoms with Crippen LogP contribution in [0.1, 0.15) is 49.8 Å². The Balaban J connectivity index is 1.70. The van der Waals surface area contributed by atoms with Crippen molar-refractivity contribution in [2.24, 2.45) is 0 Å². The molecule has 2 aliphatic rings. The molecule has 1 aromatic carbocycles. The highest BCUT2D eigenvalue weighted by Gasteiger charge is 2.36. The fraction of sp³-hybridized carbons (Fsp3) is 0.667. The lowest BCUT2D eigenvalue weighted by Gasteiger charge is -2.44. The zero-order valence-electron chi connectivity index (χ0n) is 13.3. The normalized spacial score (nSPS) is 31.1. The molecule has 3 nitrogen and oxygen atoms in total. The standard InChI is InChI=1S/C18H28N2O/c1-3-8-19-9-11-20(12-10-19)17-13-14(2)15-6-4-5-7-16(15)18(17)21/h4-7,14,17-18,21H,3,8-13H2,1-2H3. The molecule has 1 saturated heterocycles. The first-order chi connectivity index (χ1) is 10.2. The molecular weight excluding hydrogens is 260 g/mol. The highest BCUT2D eigenvalue weighted by atomic mass is 16.3. The number of benzene rings is 1. The molecule has 0 saturated carbocycles. The topological polar surface area (TPSA) is 26.7 Å². The molecule has 0 aromatic heterocycles. The largest absolute Gasteiger partial charge is 0.387 e. The zero-order chi connectivity index (χ0) is 14.8. The highest BCUT2D eigenvalue weighted by Crippen LogP contribution is 2.39. The monoisotopic (exact) mass is 288 g/mol. The van der Waals surface area contributed by atoms with E-state index in [0.717, 1.165) is 38.2 Å². The van der Waals surface area contributed by atoms with Gasteiger partial charge in [-0.1, -0.05) is 38.1 Å². The Morgan fingerprint density at radius 2 is 1.76 bits per heavy atom. The number of rotatable bonds is 3. The van der Waals surface area contributed by atoms with Gasteiger partial charge in [0.1, 0.15) is 0 Å². The molecule has 21 heavy (non-hydrogen) atoms. The molecular formula is C18H28N2O. The lowest BCUT2D eigenvalue weighted by atomic mass is 9.78. The van der Waals surface area contributed by atoms with Crippen LogP contribution in [0.3, 0.4) is 0 Å². The van der Waals surface area contributed by atoms with Crippen molar-refractivity contribution >= 4 is 0 Å². The van der Waals surface area contributed by atoms with Crippen molar-refractivity contribution in [3.8, 4) is 0 Å². The van der Waals surface area contributed by atoms with E-state index in [2.05, 4.69) is 47.9 Å². The number of hydrogen-bond acceptors (Lipinski definition) is 3. The van der Waals surface area contributed by atoms with Crippen LogP contribution < -0.4 is 0 Å². The second kappa shape index (κ2) is 6.47. The number of aliphatic hydroxyl groups is 1. The fourth-order valence-corrected chi connectivity index (χ4v) is 4.04. The molecule has 116 valence electrons. The third-order valence-corrected chi connectivity index (χ3v) is 5.22. The Hall–Kier alpha value is -0.900. The van der Waals surface area contributed by atoms with E-state index in [1.165, 1.54) is 18.5 Å². The maximum atomic E-state index is 10.8. The number of nitrogens with zero attached hydrogens (tertiary/aromatic N) is 2. The van der Waals surface area contributed by atoms with Gasteiger partial charge in [0.25, 0.3) is 0 Å². The Morgan fingerprint density at radius 3 is 2.43 bits per heavy atom. The first-order valence-electron chi connectivity index (χ1n) is 8.44.